The van der Waals surface area contributed by atoms with E-state index in [1.165, 1.54) is 19.3 Å². The van der Waals surface area contributed by atoms with Crippen molar-refractivity contribution in [2.24, 2.45) is 17.8 Å². The highest BCUT2D eigenvalue weighted by Crippen LogP contribution is 2.49. The van der Waals surface area contributed by atoms with Crippen LogP contribution in [0.15, 0.2) is 29.2 Å². The van der Waals surface area contributed by atoms with Crippen molar-refractivity contribution in [3.63, 3.8) is 0 Å². The van der Waals surface area contributed by atoms with Crippen molar-refractivity contribution >= 4 is 15.9 Å². The minimum absolute atomic E-state index is 0.00486. The van der Waals surface area contributed by atoms with Crippen molar-refractivity contribution in [2.75, 3.05) is 13.1 Å². The van der Waals surface area contributed by atoms with Crippen molar-refractivity contribution in [3.05, 3.63) is 29.8 Å². The van der Waals surface area contributed by atoms with E-state index in [9.17, 15) is 13.2 Å². The molecule has 1 N–H and O–H groups in total. The first-order valence-electron chi connectivity index (χ1n) is 9.86. The number of hydrogen-bond donors (Lipinski definition) is 1. The van der Waals surface area contributed by atoms with Gasteiger partial charge in [0.15, 0.2) is 0 Å². The molecule has 2 saturated carbocycles. The lowest BCUT2D eigenvalue weighted by molar-refractivity contribution is 0.0792. The predicted molar refractivity (Wildman–Crippen MR) is 100 cm³/mol. The number of nitrogens with zero attached hydrogens (tertiary/aromatic N) is 1. The van der Waals surface area contributed by atoms with Crippen LogP contribution in [0, 0.1) is 17.8 Å². The van der Waals surface area contributed by atoms with Gasteiger partial charge in [-0.2, -0.15) is 0 Å². The molecule has 0 radical (unpaired) electrons. The second-order valence-corrected chi connectivity index (χ2v) is 9.99. The second-order valence-electron chi connectivity index (χ2n) is 8.27. The molecule has 2 bridgehead atoms. The van der Waals surface area contributed by atoms with Gasteiger partial charge in [-0.1, -0.05) is 6.42 Å². The number of benzene rings is 1. The zero-order valence-electron chi connectivity index (χ0n) is 15.4. The Hall–Kier alpha value is -1.40. The van der Waals surface area contributed by atoms with Crippen LogP contribution < -0.4 is 4.72 Å². The first kappa shape index (κ1) is 18.0. The standard InChI is InChI=1S/C20H28N2O3S/c1-14(19-13-15-4-5-17(19)12-15)21-26(24,25)18-8-6-16(7-9-18)20(23)22-10-2-3-11-22/h6-9,14-15,17,19,21H,2-5,10-13H2,1H3. The third-order valence-corrected chi connectivity index (χ3v) is 8.16. The van der Waals surface area contributed by atoms with Crippen LogP contribution in [0.5, 0.6) is 0 Å². The van der Waals surface area contributed by atoms with Crippen LogP contribution in [-0.4, -0.2) is 38.4 Å². The van der Waals surface area contributed by atoms with E-state index in [-0.39, 0.29) is 16.8 Å². The molecule has 4 unspecified atom stereocenters. The third kappa shape index (κ3) is 3.41. The molecule has 4 rings (SSSR count). The molecule has 0 aromatic heterocycles. The zero-order valence-corrected chi connectivity index (χ0v) is 16.2. The summed E-state index contributed by atoms with van der Waals surface area (Å²) in [7, 11) is -3.55. The Kier molecular flexibility index (Phi) is 4.82. The number of hydrogen-bond acceptors (Lipinski definition) is 3. The van der Waals surface area contributed by atoms with Crippen molar-refractivity contribution in [2.45, 2.75) is 56.4 Å². The van der Waals surface area contributed by atoms with Crippen LogP contribution in [-0.2, 0) is 10.0 Å². The SMILES string of the molecule is CC(NS(=O)(=O)c1ccc(C(=O)N2CCCC2)cc1)C1CC2CCC1C2. The quantitative estimate of drug-likeness (QED) is 0.859. The normalized spacial score (nSPS) is 29.3. The molecule has 2 aliphatic carbocycles. The van der Waals surface area contributed by atoms with Crippen LogP contribution in [0.1, 0.15) is 55.8 Å². The molecule has 1 heterocycles. The number of rotatable bonds is 5. The first-order chi connectivity index (χ1) is 12.4. The average molecular weight is 377 g/mol. The Labute approximate surface area is 156 Å². The summed E-state index contributed by atoms with van der Waals surface area (Å²) in [5, 5.41) is 0. The highest BCUT2D eigenvalue weighted by Gasteiger charge is 2.42. The predicted octanol–water partition coefficient (Wildman–Crippen LogP) is 3.03. The molecule has 1 amide bonds. The topological polar surface area (TPSA) is 66.5 Å². The number of carbonyl (C=O) groups is 1. The number of nitrogens with one attached hydrogen (secondary N) is 1. The summed E-state index contributed by atoms with van der Waals surface area (Å²) in [5.41, 5.74) is 0.562. The summed E-state index contributed by atoms with van der Waals surface area (Å²) >= 11 is 0. The zero-order chi connectivity index (χ0) is 18.3. The van der Waals surface area contributed by atoms with Gasteiger partial charge in [0.1, 0.15) is 0 Å². The van der Waals surface area contributed by atoms with Gasteiger partial charge in [0, 0.05) is 24.7 Å². The van der Waals surface area contributed by atoms with Crippen molar-refractivity contribution in [1.82, 2.24) is 9.62 Å². The number of carbonyl (C=O) groups excluding carboxylic acids is 1. The molecule has 6 heteroatoms. The van der Waals surface area contributed by atoms with Crippen LogP contribution in [0.25, 0.3) is 0 Å². The first-order valence-corrected chi connectivity index (χ1v) is 11.3. The highest BCUT2D eigenvalue weighted by atomic mass is 32.2. The lowest BCUT2D eigenvalue weighted by Crippen LogP contribution is -2.40. The molecule has 0 spiro atoms. The van der Waals surface area contributed by atoms with Crippen LogP contribution in [0.2, 0.25) is 0 Å². The van der Waals surface area contributed by atoms with E-state index in [2.05, 4.69) is 4.72 Å². The summed E-state index contributed by atoms with van der Waals surface area (Å²) in [4.78, 5) is 14.5. The molecule has 1 aliphatic heterocycles. The maximum atomic E-state index is 12.7. The monoisotopic (exact) mass is 376 g/mol. The molecule has 1 aromatic rings. The summed E-state index contributed by atoms with van der Waals surface area (Å²) in [6.45, 7) is 3.58. The van der Waals surface area contributed by atoms with Gasteiger partial charge >= 0.3 is 0 Å². The van der Waals surface area contributed by atoms with Crippen molar-refractivity contribution in [1.29, 1.82) is 0 Å². The summed E-state index contributed by atoms with van der Waals surface area (Å²) in [6.07, 6.45) is 7.07. The van der Waals surface area contributed by atoms with Crippen LogP contribution in [0.3, 0.4) is 0 Å². The molecule has 1 saturated heterocycles. The van der Waals surface area contributed by atoms with Crippen LogP contribution in [0.4, 0.5) is 0 Å². The lowest BCUT2D eigenvalue weighted by atomic mass is 9.84. The lowest BCUT2D eigenvalue weighted by Gasteiger charge is -2.28. The Morgan fingerprint density at radius 3 is 2.38 bits per heavy atom. The average Bonchev–Trinajstić information content (AvgIpc) is 3.38. The van der Waals surface area contributed by atoms with Gasteiger partial charge in [0.05, 0.1) is 4.90 Å². The molecule has 26 heavy (non-hydrogen) atoms. The third-order valence-electron chi connectivity index (χ3n) is 6.58. The van der Waals surface area contributed by atoms with Crippen molar-refractivity contribution < 1.29 is 13.2 Å². The maximum absolute atomic E-state index is 12.7. The fourth-order valence-electron chi connectivity index (χ4n) is 5.19. The van der Waals surface area contributed by atoms with Gasteiger partial charge in [-0.05, 0) is 81.0 Å². The fourth-order valence-corrected chi connectivity index (χ4v) is 6.48. The summed E-state index contributed by atoms with van der Waals surface area (Å²) < 4.78 is 28.4. The van der Waals surface area contributed by atoms with Crippen molar-refractivity contribution in [3.8, 4) is 0 Å². The van der Waals surface area contributed by atoms with E-state index in [4.69, 9.17) is 0 Å². The summed E-state index contributed by atoms with van der Waals surface area (Å²) in [6, 6.07) is 6.34. The van der Waals surface area contributed by atoms with E-state index < -0.39 is 10.0 Å². The smallest absolute Gasteiger partial charge is 0.253 e. The Morgan fingerprint density at radius 2 is 1.81 bits per heavy atom. The van der Waals surface area contributed by atoms with Gasteiger partial charge < -0.3 is 4.90 Å². The molecular formula is C20H28N2O3S. The van der Waals surface area contributed by atoms with Gasteiger partial charge in [0.25, 0.3) is 5.91 Å². The minimum Gasteiger partial charge on any atom is -0.339 e. The van der Waals surface area contributed by atoms with E-state index in [0.29, 0.717) is 17.4 Å². The number of likely N-dealkylation sites (tertiary alicyclic amines) is 1. The number of amides is 1. The van der Waals surface area contributed by atoms with E-state index in [0.717, 1.165) is 38.3 Å². The largest absolute Gasteiger partial charge is 0.339 e. The Morgan fingerprint density at radius 1 is 1.12 bits per heavy atom. The van der Waals surface area contributed by atoms with Crippen LogP contribution >= 0.6 is 0 Å². The van der Waals surface area contributed by atoms with Gasteiger partial charge in [-0.3, -0.25) is 4.79 Å². The maximum Gasteiger partial charge on any atom is 0.253 e. The fraction of sp³-hybridized carbons (Fsp3) is 0.650. The summed E-state index contributed by atoms with van der Waals surface area (Å²) in [5.74, 6) is 1.93. The molecule has 3 fully saturated rings. The number of sulfonamides is 1. The molecular weight excluding hydrogens is 348 g/mol. The van der Waals surface area contributed by atoms with Gasteiger partial charge in [-0.25, -0.2) is 13.1 Å². The number of fused-ring (bicyclic) bond motifs is 2. The van der Waals surface area contributed by atoms with E-state index in [1.807, 2.05) is 11.8 Å². The Bertz CT molecular complexity index is 769. The van der Waals surface area contributed by atoms with Gasteiger partial charge in [0.2, 0.25) is 10.0 Å². The molecule has 5 nitrogen and oxygen atoms in total. The second kappa shape index (κ2) is 6.97. The molecule has 1 aromatic carbocycles. The molecule has 4 atom stereocenters. The van der Waals surface area contributed by atoms with E-state index in [1.54, 1.807) is 24.3 Å². The van der Waals surface area contributed by atoms with E-state index >= 15 is 0 Å². The molecule has 142 valence electrons. The minimum atomic E-state index is -3.55. The highest BCUT2D eigenvalue weighted by molar-refractivity contribution is 7.89. The molecule has 3 aliphatic rings. The van der Waals surface area contributed by atoms with Gasteiger partial charge in [-0.15, -0.1) is 0 Å². The Balaban J connectivity index is 1.43.